The number of nitrogens with zero attached hydrogens (tertiary/aromatic N) is 2. The molecule has 0 N–H and O–H groups in total. The van der Waals surface area contributed by atoms with Crippen molar-refractivity contribution < 1.29 is 5.48 Å². The lowest BCUT2D eigenvalue weighted by atomic mass is 9.94. The van der Waals surface area contributed by atoms with Crippen molar-refractivity contribution in [3.05, 3.63) is 255 Å². The van der Waals surface area contributed by atoms with Gasteiger partial charge in [0.15, 0.2) is 0 Å². The number of anilines is 3. The smallest absolute Gasteiger partial charge is 0.0645 e. The summed E-state index contributed by atoms with van der Waals surface area (Å²) in [5, 5.41) is 2.00. The summed E-state index contributed by atoms with van der Waals surface area (Å²) < 4.78 is 40.8. The average molecular weight is 795 g/mol. The van der Waals surface area contributed by atoms with E-state index in [0.29, 0.717) is 16.9 Å². The molecule has 0 atom stereocenters. The monoisotopic (exact) mass is 794 g/mol. The fraction of sp³-hybridized carbons (Fsp3) is 0. The fourth-order valence-electron chi connectivity index (χ4n) is 8.64. The van der Waals surface area contributed by atoms with Gasteiger partial charge in [0.05, 0.1) is 16.5 Å². The number of para-hydroxylation sites is 1. The van der Waals surface area contributed by atoms with Gasteiger partial charge >= 0.3 is 0 Å². The molecular weight excluding hydrogens is 749 g/mol. The molecule has 1 aromatic heterocycles. The highest BCUT2D eigenvalue weighted by atomic mass is 15.1. The van der Waals surface area contributed by atoms with Gasteiger partial charge in [0, 0.05) is 33.5 Å². The van der Waals surface area contributed by atoms with Crippen molar-refractivity contribution in [3.8, 4) is 61.3 Å². The normalized spacial score (nSPS) is 12.1. The molecule has 0 saturated heterocycles. The van der Waals surface area contributed by atoms with E-state index in [1.54, 1.807) is 0 Å². The lowest BCUT2D eigenvalue weighted by molar-refractivity contribution is 1.18. The second-order valence-electron chi connectivity index (χ2n) is 15.4. The number of rotatable bonds is 9. The number of hydrogen-bond acceptors (Lipinski definition) is 1. The summed E-state index contributed by atoms with van der Waals surface area (Å²) in [5.74, 6) is 0. The lowest BCUT2D eigenvalue weighted by Crippen LogP contribution is -2.09. The van der Waals surface area contributed by atoms with Gasteiger partial charge in [0.1, 0.15) is 0 Å². The Bertz CT molecular complexity index is 3500. The van der Waals surface area contributed by atoms with Gasteiger partial charge in [0.25, 0.3) is 0 Å². The van der Waals surface area contributed by atoms with Crippen molar-refractivity contribution in [1.29, 1.82) is 0 Å². The van der Waals surface area contributed by atoms with Crippen LogP contribution in [0.4, 0.5) is 17.1 Å². The molecule has 0 radical (unpaired) electrons. The topological polar surface area (TPSA) is 8.17 Å². The molecule has 0 aliphatic carbocycles. The summed E-state index contributed by atoms with van der Waals surface area (Å²) in [5.41, 5.74) is 14.3. The van der Waals surface area contributed by atoms with Crippen LogP contribution in [0.15, 0.2) is 255 Å². The fourth-order valence-corrected chi connectivity index (χ4v) is 8.64. The highest BCUT2D eigenvalue weighted by Crippen LogP contribution is 2.40. The van der Waals surface area contributed by atoms with E-state index in [9.17, 15) is 5.48 Å². The van der Waals surface area contributed by atoms with E-state index in [1.807, 2.05) is 132 Å². The molecule has 2 nitrogen and oxygen atoms in total. The van der Waals surface area contributed by atoms with Gasteiger partial charge in [-0.15, -0.1) is 0 Å². The summed E-state index contributed by atoms with van der Waals surface area (Å²) in [6, 6.07) is 77.7. The Hall–Kier alpha value is -8.20. The molecule has 0 unspecified atom stereocenters. The van der Waals surface area contributed by atoms with Crippen molar-refractivity contribution in [2.24, 2.45) is 0 Å². The van der Waals surface area contributed by atoms with E-state index in [2.05, 4.69) is 108 Å². The SMILES string of the molecule is [2H]c1c([2H])c(N(c2ccc(-c3ccccc3)cc2)c2ccc(-c3ccccc3-c3ccccc3)cc2)c([2H])c([2H])c1-c1ccc2c(c1)c1ccccc1n2-c1ccc(-c2ccccc2)cc1. The quantitative estimate of drug-likeness (QED) is 0.141. The predicted molar refractivity (Wildman–Crippen MR) is 263 cm³/mol. The molecule has 1 heterocycles. The van der Waals surface area contributed by atoms with Crippen LogP contribution in [0.1, 0.15) is 5.48 Å². The molecular formula is C60H42N2. The zero-order chi connectivity index (χ0) is 44.7. The second kappa shape index (κ2) is 16.1. The average Bonchev–Trinajstić information content (AvgIpc) is 3.72. The summed E-state index contributed by atoms with van der Waals surface area (Å²) in [6.45, 7) is 0. The Morgan fingerprint density at radius 2 is 0.710 bits per heavy atom. The Morgan fingerprint density at radius 1 is 0.290 bits per heavy atom. The Balaban J connectivity index is 1.02. The highest BCUT2D eigenvalue weighted by molar-refractivity contribution is 6.10. The molecule has 0 amide bonds. The van der Waals surface area contributed by atoms with Crippen LogP contribution in [-0.4, -0.2) is 4.57 Å². The van der Waals surface area contributed by atoms with E-state index in [1.165, 1.54) is 0 Å². The largest absolute Gasteiger partial charge is 0.311 e. The molecule has 0 saturated carbocycles. The number of hydrogen-bond donors (Lipinski definition) is 0. The van der Waals surface area contributed by atoms with Crippen molar-refractivity contribution in [1.82, 2.24) is 4.57 Å². The van der Waals surface area contributed by atoms with Crippen LogP contribution < -0.4 is 4.90 Å². The minimum Gasteiger partial charge on any atom is -0.311 e. The van der Waals surface area contributed by atoms with Crippen LogP contribution in [0.5, 0.6) is 0 Å². The van der Waals surface area contributed by atoms with Crippen molar-refractivity contribution in [3.63, 3.8) is 0 Å². The molecule has 2 heteroatoms. The summed E-state index contributed by atoms with van der Waals surface area (Å²) >= 11 is 0. The molecule has 0 fully saturated rings. The van der Waals surface area contributed by atoms with E-state index in [0.717, 1.165) is 72.0 Å². The van der Waals surface area contributed by atoms with Crippen LogP contribution >= 0.6 is 0 Å². The Morgan fingerprint density at radius 3 is 1.29 bits per heavy atom. The van der Waals surface area contributed by atoms with Gasteiger partial charge in [-0.25, -0.2) is 0 Å². The van der Waals surface area contributed by atoms with Gasteiger partial charge in [-0.05, 0) is 122 Å². The van der Waals surface area contributed by atoms with E-state index in [4.69, 9.17) is 0 Å². The third-order valence-electron chi connectivity index (χ3n) is 11.7. The maximum Gasteiger partial charge on any atom is 0.0645 e. The van der Waals surface area contributed by atoms with E-state index >= 15 is 0 Å². The first kappa shape index (κ1) is 32.6. The van der Waals surface area contributed by atoms with Crippen LogP contribution in [0.3, 0.4) is 0 Å². The summed E-state index contributed by atoms with van der Waals surface area (Å²) in [7, 11) is 0. The van der Waals surface area contributed by atoms with Gasteiger partial charge in [0.2, 0.25) is 0 Å². The third kappa shape index (κ3) is 6.94. The van der Waals surface area contributed by atoms with E-state index < -0.39 is 0 Å². The second-order valence-corrected chi connectivity index (χ2v) is 15.4. The van der Waals surface area contributed by atoms with Crippen LogP contribution in [0.2, 0.25) is 0 Å². The predicted octanol–water partition coefficient (Wildman–Crippen LogP) is 16.6. The van der Waals surface area contributed by atoms with Gasteiger partial charge in [-0.3, -0.25) is 0 Å². The molecule has 292 valence electrons. The van der Waals surface area contributed by atoms with Crippen LogP contribution in [0.25, 0.3) is 83.1 Å². The van der Waals surface area contributed by atoms with Gasteiger partial charge < -0.3 is 9.47 Å². The zero-order valence-electron chi connectivity index (χ0n) is 37.8. The highest BCUT2D eigenvalue weighted by Gasteiger charge is 2.17. The molecule has 62 heavy (non-hydrogen) atoms. The van der Waals surface area contributed by atoms with E-state index in [-0.39, 0.29) is 35.4 Å². The molecule has 11 aromatic rings. The standard InChI is InChI=1S/C60H42N2/c1-4-14-43(15-5-1)45-24-33-51(34-25-45)61(53-39-30-49(31-40-53)56-21-11-10-20-55(56)48-18-8-3-9-19-48)52-35-28-47(29-36-52)50-32-41-60-58(42-50)57-22-12-13-23-59(57)62(60)54-37-26-46(27-38-54)44-16-6-2-7-17-44/h1-42H/i28D,29D,35D,36D. The van der Waals surface area contributed by atoms with Crippen molar-refractivity contribution in [2.45, 2.75) is 0 Å². The molecule has 11 rings (SSSR count). The minimum absolute atomic E-state index is 0.107. The maximum atomic E-state index is 9.68. The van der Waals surface area contributed by atoms with Crippen LogP contribution in [0, 0.1) is 0 Å². The Labute approximate surface area is 368 Å². The number of benzene rings is 10. The van der Waals surface area contributed by atoms with Crippen molar-refractivity contribution in [2.75, 3.05) is 4.90 Å². The zero-order valence-corrected chi connectivity index (χ0v) is 33.8. The lowest BCUT2D eigenvalue weighted by Gasteiger charge is -2.26. The maximum absolute atomic E-state index is 9.68. The molecule has 0 spiro atoms. The molecule has 0 aliphatic rings. The van der Waals surface area contributed by atoms with Gasteiger partial charge in [-0.2, -0.15) is 0 Å². The number of aromatic nitrogens is 1. The summed E-state index contributed by atoms with van der Waals surface area (Å²) in [4.78, 5) is 1.85. The van der Waals surface area contributed by atoms with Crippen molar-refractivity contribution >= 4 is 38.9 Å². The molecule has 0 bridgehead atoms. The number of fused-ring (bicyclic) bond motifs is 3. The van der Waals surface area contributed by atoms with Gasteiger partial charge in [-0.1, -0.05) is 188 Å². The summed E-state index contributed by atoms with van der Waals surface area (Å²) in [6.07, 6.45) is 0. The third-order valence-corrected chi connectivity index (χ3v) is 11.7. The first-order chi connectivity index (χ1) is 32.4. The minimum atomic E-state index is -0.127. The molecule has 0 aliphatic heterocycles. The first-order valence-electron chi connectivity index (χ1n) is 22.9. The first-order valence-corrected chi connectivity index (χ1v) is 20.9. The molecule has 10 aromatic carbocycles. The van der Waals surface area contributed by atoms with Crippen LogP contribution in [-0.2, 0) is 0 Å². The Kier molecular flexibility index (Phi) is 8.47.